The number of aliphatic hydroxyl groups is 1. The molecule has 3 N–H and O–H groups in total. The fourth-order valence-electron chi connectivity index (χ4n) is 5.60. The van der Waals surface area contributed by atoms with E-state index in [-0.39, 0.29) is 35.5 Å². The van der Waals surface area contributed by atoms with Crippen molar-refractivity contribution < 1.29 is 19.5 Å². The molecule has 0 saturated carbocycles. The number of aliphatic hydroxyl groups excluding tert-OH is 1. The molecule has 3 heterocycles. The summed E-state index contributed by atoms with van der Waals surface area (Å²) < 4.78 is -0.688. The fourth-order valence-corrected chi connectivity index (χ4v) is 7.99. The van der Waals surface area contributed by atoms with Gasteiger partial charge in [0.25, 0.3) is 0 Å². The number of halogens is 1. The van der Waals surface area contributed by atoms with Crippen molar-refractivity contribution in [1.29, 1.82) is 0 Å². The van der Waals surface area contributed by atoms with Gasteiger partial charge in [0, 0.05) is 12.3 Å². The van der Waals surface area contributed by atoms with Gasteiger partial charge < -0.3 is 20.6 Å². The molecule has 0 aliphatic carbocycles. The van der Waals surface area contributed by atoms with Crippen LogP contribution >= 0.6 is 23.4 Å². The summed E-state index contributed by atoms with van der Waals surface area (Å²) in [7, 11) is 1.58. The molecule has 2 bridgehead atoms. The quantitative estimate of drug-likeness (QED) is 0.597. The summed E-state index contributed by atoms with van der Waals surface area (Å²) in [5.41, 5.74) is 0.479. The molecule has 4 rings (SSSR count). The van der Waals surface area contributed by atoms with Crippen molar-refractivity contribution in [3.05, 3.63) is 29.3 Å². The molecule has 3 saturated heterocycles. The molecule has 1 spiro atoms. The Labute approximate surface area is 191 Å². The van der Waals surface area contributed by atoms with Crippen molar-refractivity contribution in [2.45, 2.75) is 48.8 Å². The van der Waals surface area contributed by atoms with Gasteiger partial charge in [-0.2, -0.15) is 0 Å². The average Bonchev–Trinajstić information content (AvgIpc) is 3.37. The summed E-state index contributed by atoms with van der Waals surface area (Å²) in [6, 6.07) is 5.67. The zero-order chi connectivity index (χ0) is 22.5. The van der Waals surface area contributed by atoms with Crippen molar-refractivity contribution in [3.8, 4) is 0 Å². The van der Waals surface area contributed by atoms with Crippen molar-refractivity contribution in [2.75, 3.05) is 19.0 Å². The molecule has 9 heteroatoms. The summed E-state index contributed by atoms with van der Waals surface area (Å²) in [6.45, 7) is 3.59. The van der Waals surface area contributed by atoms with Gasteiger partial charge in [0.15, 0.2) is 0 Å². The van der Waals surface area contributed by atoms with Crippen LogP contribution in [0.2, 0.25) is 5.02 Å². The lowest BCUT2D eigenvalue weighted by atomic mass is 9.70. The number of amides is 3. The second-order valence-electron chi connectivity index (χ2n) is 8.88. The Kier molecular flexibility index (Phi) is 6.00. The molecule has 2 unspecified atom stereocenters. The van der Waals surface area contributed by atoms with E-state index < -0.39 is 28.7 Å². The number of carbonyl (C=O) groups excluding carboxylic acids is 3. The Morgan fingerprint density at radius 3 is 2.65 bits per heavy atom. The van der Waals surface area contributed by atoms with Crippen LogP contribution in [-0.4, -0.2) is 63.5 Å². The third-order valence-electron chi connectivity index (χ3n) is 6.98. The molecule has 0 radical (unpaired) electrons. The van der Waals surface area contributed by atoms with Crippen LogP contribution in [0.3, 0.4) is 0 Å². The molecule has 3 aliphatic heterocycles. The number of thioether (sulfide) groups is 1. The number of benzene rings is 1. The molecule has 6 atom stereocenters. The Balaban J connectivity index is 1.78. The molecule has 3 fully saturated rings. The van der Waals surface area contributed by atoms with E-state index in [0.717, 1.165) is 6.42 Å². The van der Waals surface area contributed by atoms with Crippen LogP contribution in [0.5, 0.6) is 0 Å². The molecule has 7 nitrogen and oxygen atoms in total. The van der Waals surface area contributed by atoms with Crippen molar-refractivity contribution in [2.24, 2.45) is 17.8 Å². The van der Waals surface area contributed by atoms with Crippen LogP contribution in [0, 0.1) is 17.8 Å². The van der Waals surface area contributed by atoms with E-state index in [1.165, 1.54) is 0 Å². The molecular weight excluding hydrogens is 438 g/mol. The number of anilines is 1. The van der Waals surface area contributed by atoms with Crippen LogP contribution in [0.1, 0.15) is 26.7 Å². The summed E-state index contributed by atoms with van der Waals surface area (Å²) >= 11 is 7.86. The number of rotatable bonds is 6. The van der Waals surface area contributed by atoms with Gasteiger partial charge >= 0.3 is 0 Å². The van der Waals surface area contributed by atoms with Gasteiger partial charge in [-0.15, -0.1) is 11.8 Å². The van der Waals surface area contributed by atoms with Crippen LogP contribution in [0.25, 0.3) is 0 Å². The molecule has 168 valence electrons. The Morgan fingerprint density at radius 2 is 2.03 bits per heavy atom. The van der Waals surface area contributed by atoms with Gasteiger partial charge in [0.2, 0.25) is 17.7 Å². The maximum atomic E-state index is 13.8. The van der Waals surface area contributed by atoms with Crippen molar-refractivity contribution in [1.82, 2.24) is 10.2 Å². The third kappa shape index (κ3) is 3.34. The Hall–Kier alpha value is -1.77. The number of hydrogen-bond acceptors (Lipinski definition) is 5. The van der Waals surface area contributed by atoms with Crippen molar-refractivity contribution >= 4 is 46.8 Å². The molecular formula is C22H28ClN3O4S. The predicted molar refractivity (Wildman–Crippen MR) is 121 cm³/mol. The third-order valence-corrected chi connectivity index (χ3v) is 9.26. The summed E-state index contributed by atoms with van der Waals surface area (Å²) in [5.74, 6) is -1.80. The zero-order valence-electron chi connectivity index (χ0n) is 17.8. The topological polar surface area (TPSA) is 98.7 Å². The highest BCUT2D eigenvalue weighted by molar-refractivity contribution is 8.02. The van der Waals surface area contributed by atoms with Gasteiger partial charge in [-0.1, -0.05) is 37.6 Å². The van der Waals surface area contributed by atoms with Gasteiger partial charge in [-0.3, -0.25) is 14.4 Å². The van der Waals surface area contributed by atoms with Crippen LogP contribution in [-0.2, 0) is 14.4 Å². The molecule has 1 aromatic carbocycles. The normalized spacial score (nSPS) is 32.3. The molecule has 31 heavy (non-hydrogen) atoms. The fraction of sp³-hybridized carbons (Fsp3) is 0.591. The molecule has 1 aromatic rings. The number of hydrogen-bond donors (Lipinski definition) is 3. The smallest absolute Gasteiger partial charge is 0.248 e. The monoisotopic (exact) mass is 465 g/mol. The summed E-state index contributed by atoms with van der Waals surface area (Å²) in [4.78, 5) is 41.7. The summed E-state index contributed by atoms with van der Waals surface area (Å²) in [6.07, 6.45) is 1.46. The van der Waals surface area contributed by atoms with E-state index in [1.807, 2.05) is 13.8 Å². The minimum Gasteiger partial charge on any atom is -0.394 e. The first-order valence-electron chi connectivity index (χ1n) is 10.6. The van der Waals surface area contributed by atoms with E-state index in [2.05, 4.69) is 10.6 Å². The van der Waals surface area contributed by atoms with E-state index >= 15 is 0 Å². The highest BCUT2D eigenvalue weighted by Gasteiger charge is 2.74. The number of para-hydroxylation sites is 1. The van der Waals surface area contributed by atoms with E-state index in [0.29, 0.717) is 17.1 Å². The lowest BCUT2D eigenvalue weighted by molar-refractivity contribution is -0.142. The second-order valence-corrected chi connectivity index (χ2v) is 10.9. The minimum absolute atomic E-state index is 0.0123. The van der Waals surface area contributed by atoms with E-state index in [9.17, 15) is 19.5 Å². The highest BCUT2D eigenvalue weighted by atomic mass is 35.5. The van der Waals surface area contributed by atoms with Crippen LogP contribution in [0.15, 0.2) is 24.3 Å². The lowest BCUT2D eigenvalue weighted by Gasteiger charge is -2.38. The first-order valence-corrected chi connectivity index (χ1v) is 11.9. The molecule has 3 amide bonds. The summed E-state index contributed by atoms with van der Waals surface area (Å²) in [5, 5.41) is 16.2. The number of carbonyl (C=O) groups is 3. The number of nitrogens with zero attached hydrogens (tertiary/aromatic N) is 1. The lowest BCUT2D eigenvalue weighted by Crippen LogP contribution is -2.56. The van der Waals surface area contributed by atoms with Gasteiger partial charge in [0.05, 0.1) is 39.9 Å². The first-order chi connectivity index (χ1) is 14.8. The van der Waals surface area contributed by atoms with Crippen LogP contribution < -0.4 is 10.6 Å². The molecule has 0 aromatic heterocycles. The highest BCUT2D eigenvalue weighted by Crippen LogP contribution is 2.66. The average molecular weight is 466 g/mol. The van der Waals surface area contributed by atoms with Gasteiger partial charge in [-0.25, -0.2) is 0 Å². The van der Waals surface area contributed by atoms with Gasteiger partial charge in [0.1, 0.15) is 6.04 Å². The van der Waals surface area contributed by atoms with Gasteiger partial charge in [-0.05, 0) is 30.9 Å². The number of likely N-dealkylation sites (tertiary alicyclic amines) is 1. The second kappa shape index (κ2) is 8.30. The zero-order valence-corrected chi connectivity index (χ0v) is 19.4. The maximum Gasteiger partial charge on any atom is 0.248 e. The largest absolute Gasteiger partial charge is 0.394 e. The van der Waals surface area contributed by atoms with Crippen LogP contribution in [0.4, 0.5) is 5.69 Å². The first kappa shape index (κ1) is 22.4. The molecule has 3 aliphatic rings. The Bertz CT molecular complexity index is 912. The van der Waals surface area contributed by atoms with E-state index in [1.54, 1.807) is 48.0 Å². The van der Waals surface area contributed by atoms with E-state index in [4.69, 9.17) is 11.6 Å². The Morgan fingerprint density at radius 1 is 1.32 bits per heavy atom. The SMILES string of the molecule is CNC(=O)[C@@H]1[C@H]2C(=O)N([C@@H](CO)C(C)C)C(C(=O)Nc3ccccc3Cl)C23CC[C@H]1S3. The number of fused-ring (bicyclic) bond motifs is 1. The predicted octanol–water partition coefficient (Wildman–Crippen LogP) is 2.13. The maximum absolute atomic E-state index is 13.8. The van der Waals surface area contributed by atoms with Crippen molar-refractivity contribution in [3.63, 3.8) is 0 Å². The number of nitrogens with one attached hydrogen (secondary N) is 2. The minimum atomic E-state index is -0.787. The standard InChI is InChI=1S/C22H28ClN3O4S/c1-11(2)14(10-27)26-18(20(29)25-13-7-5-4-6-12(13)23)22-9-8-15(31-22)16(19(28)24-3)17(22)21(26)30/h4-7,11,14-18,27H,8-10H2,1-3H3,(H,24,28)(H,25,29)/t14-,15+,16-,17-,18?,22?/m0/s1.